The lowest BCUT2D eigenvalue weighted by atomic mass is 9.76. The van der Waals surface area contributed by atoms with E-state index in [1.165, 1.54) is 23.2 Å². The second kappa shape index (κ2) is 11.4. The number of allylic oxidation sites excluding steroid dienone is 2. The summed E-state index contributed by atoms with van der Waals surface area (Å²) in [4.78, 5) is 54.7. The normalized spacial score (nSPS) is 19.8. The van der Waals surface area contributed by atoms with Gasteiger partial charge in [0.1, 0.15) is 17.5 Å². The van der Waals surface area contributed by atoms with Crippen LogP contribution >= 0.6 is 11.3 Å². The molecule has 0 saturated heterocycles. The number of ketones is 1. The number of nitrogens with two attached hydrogens (primary N) is 1. The zero-order valence-corrected chi connectivity index (χ0v) is 22.1. The third-order valence-electron chi connectivity index (χ3n) is 6.19. The Hall–Kier alpha value is -3.91. The monoisotopic (exact) mass is 527 g/mol. The van der Waals surface area contributed by atoms with Crippen LogP contribution in [-0.2, 0) is 33.4 Å². The number of nitrogens with zero attached hydrogens (tertiary/aromatic N) is 2. The van der Waals surface area contributed by atoms with Crippen molar-refractivity contribution in [2.45, 2.75) is 40.5 Å². The van der Waals surface area contributed by atoms with Crippen LogP contribution in [0.4, 0.5) is 0 Å². The maximum absolute atomic E-state index is 13.6. The van der Waals surface area contributed by atoms with Crippen LogP contribution in [0.15, 0.2) is 51.4 Å². The van der Waals surface area contributed by atoms with Gasteiger partial charge in [0.05, 0.1) is 54.4 Å². The van der Waals surface area contributed by atoms with E-state index in [1.807, 2.05) is 6.07 Å². The Kier molecular flexibility index (Phi) is 8.55. The fourth-order valence-electron chi connectivity index (χ4n) is 4.82. The number of ether oxygens (including phenoxy) is 3. The average molecular weight is 528 g/mol. The standard InChI is InChI=1S/C26H29N3O7S/c1-6-34-24(31)17-13(4)29-22(21(26(33)36-8-3)20(17)16-10-9-11-37-16)19(15(12-27)23(29)28)18(14(5)30)25(32)35-7-2/h9-11,18-20H,6-8,28H2,1-5H3/t18-,19+,20-/m1/s1. The van der Waals surface area contributed by atoms with Gasteiger partial charge in [0.25, 0.3) is 0 Å². The Morgan fingerprint density at radius 3 is 2.16 bits per heavy atom. The summed E-state index contributed by atoms with van der Waals surface area (Å²) in [6.45, 7) is 7.84. The molecule has 196 valence electrons. The highest BCUT2D eigenvalue weighted by atomic mass is 32.1. The molecule has 1 aromatic heterocycles. The van der Waals surface area contributed by atoms with Crippen LogP contribution in [0.3, 0.4) is 0 Å². The van der Waals surface area contributed by atoms with Gasteiger partial charge in [-0.2, -0.15) is 5.26 Å². The molecule has 3 heterocycles. The fraction of sp³-hybridized carbons (Fsp3) is 0.423. The first-order valence-corrected chi connectivity index (χ1v) is 12.7. The Labute approximate surface area is 218 Å². The van der Waals surface area contributed by atoms with Crippen LogP contribution in [0.1, 0.15) is 45.4 Å². The van der Waals surface area contributed by atoms with Gasteiger partial charge in [0.2, 0.25) is 0 Å². The maximum Gasteiger partial charge on any atom is 0.336 e. The molecule has 0 saturated carbocycles. The average Bonchev–Trinajstić information content (AvgIpc) is 3.46. The van der Waals surface area contributed by atoms with Crippen molar-refractivity contribution in [2.75, 3.05) is 19.8 Å². The second-order valence-electron chi connectivity index (χ2n) is 8.25. The van der Waals surface area contributed by atoms with E-state index in [-0.39, 0.29) is 48.1 Å². The molecule has 2 aliphatic rings. The number of fused-ring (bicyclic) bond motifs is 1. The topological polar surface area (TPSA) is 149 Å². The number of rotatable bonds is 9. The largest absolute Gasteiger partial charge is 0.465 e. The van der Waals surface area contributed by atoms with Gasteiger partial charge in [-0.3, -0.25) is 9.59 Å². The molecule has 0 aromatic carbocycles. The van der Waals surface area contributed by atoms with Crippen molar-refractivity contribution >= 4 is 35.0 Å². The van der Waals surface area contributed by atoms with Gasteiger partial charge < -0.3 is 24.8 Å². The molecule has 37 heavy (non-hydrogen) atoms. The van der Waals surface area contributed by atoms with Crippen molar-refractivity contribution in [1.82, 2.24) is 4.90 Å². The van der Waals surface area contributed by atoms with Gasteiger partial charge >= 0.3 is 17.9 Å². The summed E-state index contributed by atoms with van der Waals surface area (Å²) in [5.41, 5.74) is 6.95. The molecule has 0 unspecified atom stereocenters. The lowest BCUT2D eigenvalue weighted by Crippen LogP contribution is -2.39. The van der Waals surface area contributed by atoms with Gasteiger partial charge in [-0.05, 0) is 46.1 Å². The van der Waals surface area contributed by atoms with E-state index in [1.54, 1.807) is 45.2 Å². The number of nitriles is 1. The number of Topliss-reactive ketones (excluding diaryl/α,β-unsaturated/α-hetero) is 1. The summed E-state index contributed by atoms with van der Waals surface area (Å²) in [5.74, 6) is -6.53. The first-order chi connectivity index (χ1) is 17.7. The third-order valence-corrected chi connectivity index (χ3v) is 7.13. The smallest absolute Gasteiger partial charge is 0.336 e. The highest BCUT2D eigenvalue weighted by molar-refractivity contribution is 7.10. The van der Waals surface area contributed by atoms with Gasteiger partial charge in [-0.15, -0.1) is 11.3 Å². The predicted molar refractivity (Wildman–Crippen MR) is 133 cm³/mol. The van der Waals surface area contributed by atoms with Crippen LogP contribution in [0.5, 0.6) is 0 Å². The molecule has 3 atom stereocenters. The first-order valence-electron chi connectivity index (χ1n) is 11.8. The third kappa shape index (κ3) is 4.76. The highest BCUT2D eigenvalue weighted by Crippen LogP contribution is 2.53. The molecule has 1 aromatic rings. The van der Waals surface area contributed by atoms with Crippen molar-refractivity contribution in [3.05, 3.63) is 56.3 Å². The number of hydrogen-bond donors (Lipinski definition) is 1. The molecule has 2 N–H and O–H groups in total. The summed E-state index contributed by atoms with van der Waals surface area (Å²) in [6.07, 6.45) is 0. The number of carbonyl (C=O) groups excluding carboxylic acids is 4. The molecular weight excluding hydrogens is 498 g/mol. The summed E-state index contributed by atoms with van der Waals surface area (Å²) in [6, 6.07) is 5.55. The lowest BCUT2D eigenvalue weighted by molar-refractivity contribution is -0.152. The molecular formula is C26H29N3O7S. The Bertz CT molecular complexity index is 1250. The second-order valence-corrected chi connectivity index (χ2v) is 9.23. The van der Waals surface area contributed by atoms with E-state index in [2.05, 4.69) is 0 Å². The summed E-state index contributed by atoms with van der Waals surface area (Å²) in [5, 5.41) is 11.9. The van der Waals surface area contributed by atoms with E-state index in [9.17, 15) is 24.4 Å². The number of thiophene rings is 1. The van der Waals surface area contributed by atoms with Crippen LogP contribution in [-0.4, -0.2) is 48.4 Å². The number of esters is 3. The molecule has 0 aliphatic carbocycles. The van der Waals surface area contributed by atoms with Gasteiger partial charge in [0, 0.05) is 16.3 Å². The molecule has 0 radical (unpaired) electrons. The van der Waals surface area contributed by atoms with Crippen molar-refractivity contribution < 1.29 is 33.4 Å². The van der Waals surface area contributed by atoms with Gasteiger partial charge in [-0.25, -0.2) is 9.59 Å². The Balaban J connectivity index is 2.45. The maximum atomic E-state index is 13.6. The summed E-state index contributed by atoms with van der Waals surface area (Å²) >= 11 is 1.31. The van der Waals surface area contributed by atoms with E-state index >= 15 is 0 Å². The molecule has 10 nitrogen and oxygen atoms in total. The number of hydrogen-bond acceptors (Lipinski definition) is 11. The molecule has 3 rings (SSSR count). The van der Waals surface area contributed by atoms with Crippen molar-refractivity contribution in [1.29, 1.82) is 5.26 Å². The molecule has 0 bridgehead atoms. The van der Waals surface area contributed by atoms with Crippen molar-refractivity contribution in [3.8, 4) is 6.07 Å². The van der Waals surface area contributed by atoms with E-state index in [4.69, 9.17) is 19.9 Å². The number of carbonyl (C=O) groups is 4. The van der Waals surface area contributed by atoms with Crippen LogP contribution in [0, 0.1) is 23.2 Å². The van der Waals surface area contributed by atoms with E-state index < -0.39 is 41.4 Å². The lowest BCUT2D eigenvalue weighted by Gasteiger charge is -2.37. The summed E-state index contributed by atoms with van der Waals surface area (Å²) in [7, 11) is 0. The predicted octanol–water partition coefficient (Wildman–Crippen LogP) is 2.89. The van der Waals surface area contributed by atoms with Crippen molar-refractivity contribution in [2.24, 2.45) is 17.6 Å². The Morgan fingerprint density at radius 2 is 1.68 bits per heavy atom. The zero-order valence-electron chi connectivity index (χ0n) is 21.3. The van der Waals surface area contributed by atoms with Crippen molar-refractivity contribution in [3.63, 3.8) is 0 Å². The minimum Gasteiger partial charge on any atom is -0.465 e. The fourth-order valence-corrected chi connectivity index (χ4v) is 5.67. The first kappa shape index (κ1) is 27.7. The summed E-state index contributed by atoms with van der Waals surface area (Å²) < 4.78 is 15.9. The van der Waals surface area contributed by atoms with Gasteiger partial charge in [-0.1, -0.05) is 6.07 Å². The van der Waals surface area contributed by atoms with Crippen LogP contribution < -0.4 is 5.73 Å². The van der Waals surface area contributed by atoms with Gasteiger partial charge in [0.15, 0.2) is 0 Å². The van der Waals surface area contributed by atoms with E-state index in [0.717, 1.165) is 0 Å². The van der Waals surface area contributed by atoms with Crippen LogP contribution in [0.25, 0.3) is 0 Å². The van der Waals surface area contributed by atoms with E-state index in [0.29, 0.717) is 10.6 Å². The minimum atomic E-state index is -1.45. The molecule has 0 fully saturated rings. The Morgan fingerprint density at radius 1 is 1.08 bits per heavy atom. The highest BCUT2D eigenvalue weighted by Gasteiger charge is 2.53. The minimum absolute atomic E-state index is 0.00621. The molecule has 2 aliphatic heterocycles. The molecule has 11 heteroatoms. The zero-order chi connectivity index (χ0) is 27.4. The quantitative estimate of drug-likeness (QED) is 0.288. The SMILES string of the molecule is CCOC(=O)C1=C(C)N2C(N)=C(C#N)[C@@H]([C@@H](C(C)=O)C(=O)OCC)C2=C(C(=O)OCC)[C@@H]1c1cccs1. The van der Waals surface area contributed by atoms with Crippen LogP contribution in [0.2, 0.25) is 0 Å². The molecule has 0 amide bonds. The molecule has 0 spiro atoms.